The van der Waals surface area contributed by atoms with Crippen LogP contribution < -0.4 is 5.32 Å². The zero-order valence-electron chi connectivity index (χ0n) is 8.15. The molecule has 0 amide bonds. The van der Waals surface area contributed by atoms with Crippen LogP contribution in [-0.4, -0.2) is 24.8 Å². The third-order valence-corrected chi connectivity index (χ3v) is 1.46. The largest absolute Gasteiger partial charge is 0.396 e. The zero-order valence-corrected chi connectivity index (χ0v) is 8.15. The summed E-state index contributed by atoms with van der Waals surface area (Å²) in [7, 11) is 0. The molecule has 68 valence electrons. The second-order valence-corrected chi connectivity index (χ2v) is 4.48. The first-order valence-electron chi connectivity index (χ1n) is 4.27. The van der Waals surface area contributed by atoms with Gasteiger partial charge < -0.3 is 10.4 Å². The van der Waals surface area contributed by atoms with E-state index in [4.69, 9.17) is 5.11 Å². The molecule has 0 spiro atoms. The molecule has 2 N–H and O–H groups in total. The average Bonchev–Trinajstić information content (AvgIpc) is 1.85. The van der Waals surface area contributed by atoms with Gasteiger partial charge in [0.25, 0.3) is 0 Å². The normalized spacial score (nSPS) is 15.0. The molecule has 0 aliphatic carbocycles. The Balaban J connectivity index is 3.28. The van der Waals surface area contributed by atoms with Crippen LogP contribution in [0.3, 0.4) is 0 Å². The highest BCUT2D eigenvalue weighted by atomic mass is 16.3. The fraction of sp³-hybridized carbons (Fsp3) is 1.00. The van der Waals surface area contributed by atoms with Gasteiger partial charge in [-0.2, -0.15) is 0 Å². The minimum atomic E-state index is 0.275. The van der Waals surface area contributed by atoms with Crippen molar-refractivity contribution in [2.24, 2.45) is 11.3 Å². The number of hydrogen-bond acceptors (Lipinski definition) is 2. The summed E-state index contributed by atoms with van der Waals surface area (Å²) in [4.78, 5) is 0. The first-order chi connectivity index (χ1) is 4.95. The Labute approximate surface area is 70.0 Å². The number of aliphatic hydroxyl groups excluding tert-OH is 1. The van der Waals surface area contributed by atoms with Crippen molar-refractivity contribution < 1.29 is 5.11 Å². The maximum absolute atomic E-state index is 8.72. The van der Waals surface area contributed by atoms with Gasteiger partial charge >= 0.3 is 0 Å². The molecular weight excluding hydrogens is 138 g/mol. The highest BCUT2D eigenvalue weighted by molar-refractivity contribution is 4.65. The van der Waals surface area contributed by atoms with Crippen molar-refractivity contribution in [1.82, 2.24) is 5.32 Å². The summed E-state index contributed by atoms with van der Waals surface area (Å²) in [5.41, 5.74) is 0.342. The second kappa shape index (κ2) is 4.73. The maximum atomic E-state index is 8.72. The first kappa shape index (κ1) is 10.9. The fourth-order valence-electron chi connectivity index (χ4n) is 0.758. The lowest BCUT2D eigenvalue weighted by Crippen LogP contribution is -2.31. The van der Waals surface area contributed by atoms with Crippen LogP contribution >= 0.6 is 0 Å². The van der Waals surface area contributed by atoms with Gasteiger partial charge in [-0.25, -0.2) is 0 Å². The average molecular weight is 159 g/mol. The minimum Gasteiger partial charge on any atom is -0.396 e. The zero-order chi connectivity index (χ0) is 8.91. The van der Waals surface area contributed by atoms with Crippen molar-refractivity contribution in [3.63, 3.8) is 0 Å². The SMILES string of the molecule is CC(CO)CNCC(C)(C)C. The van der Waals surface area contributed by atoms with Gasteiger partial charge in [-0.1, -0.05) is 27.7 Å². The smallest absolute Gasteiger partial charge is 0.0468 e. The Morgan fingerprint density at radius 1 is 1.36 bits per heavy atom. The third-order valence-electron chi connectivity index (χ3n) is 1.46. The number of aliphatic hydroxyl groups is 1. The Morgan fingerprint density at radius 2 is 1.91 bits per heavy atom. The summed E-state index contributed by atoms with van der Waals surface area (Å²) < 4.78 is 0. The topological polar surface area (TPSA) is 32.3 Å². The van der Waals surface area contributed by atoms with Crippen LogP contribution in [0.2, 0.25) is 0 Å². The van der Waals surface area contributed by atoms with E-state index < -0.39 is 0 Å². The van der Waals surface area contributed by atoms with Gasteiger partial charge in [0, 0.05) is 13.2 Å². The third kappa shape index (κ3) is 7.82. The molecule has 0 saturated heterocycles. The van der Waals surface area contributed by atoms with Gasteiger partial charge in [-0.3, -0.25) is 0 Å². The van der Waals surface area contributed by atoms with E-state index in [1.54, 1.807) is 0 Å². The molecule has 0 radical (unpaired) electrons. The van der Waals surface area contributed by atoms with Crippen LogP contribution in [0.1, 0.15) is 27.7 Å². The van der Waals surface area contributed by atoms with Crippen LogP contribution in [0, 0.1) is 11.3 Å². The Kier molecular flexibility index (Phi) is 4.69. The lowest BCUT2D eigenvalue weighted by Gasteiger charge is -2.20. The van der Waals surface area contributed by atoms with E-state index in [-0.39, 0.29) is 6.61 Å². The summed E-state index contributed by atoms with van der Waals surface area (Å²) in [6.07, 6.45) is 0. The molecule has 11 heavy (non-hydrogen) atoms. The Hall–Kier alpha value is -0.0800. The van der Waals surface area contributed by atoms with E-state index in [0.29, 0.717) is 11.3 Å². The Morgan fingerprint density at radius 3 is 2.27 bits per heavy atom. The summed E-state index contributed by atoms with van der Waals surface area (Å²) >= 11 is 0. The molecular formula is C9H21NO. The maximum Gasteiger partial charge on any atom is 0.0468 e. The van der Waals surface area contributed by atoms with E-state index in [1.165, 1.54) is 0 Å². The summed E-state index contributed by atoms with van der Waals surface area (Å²) in [6.45, 7) is 10.8. The van der Waals surface area contributed by atoms with Crippen LogP contribution in [0.15, 0.2) is 0 Å². The van der Waals surface area contributed by atoms with Gasteiger partial charge in [0.15, 0.2) is 0 Å². The fourth-order valence-corrected chi connectivity index (χ4v) is 0.758. The predicted molar refractivity (Wildman–Crippen MR) is 48.6 cm³/mol. The molecule has 1 atom stereocenters. The van der Waals surface area contributed by atoms with Crippen LogP contribution in [0.25, 0.3) is 0 Å². The monoisotopic (exact) mass is 159 g/mol. The van der Waals surface area contributed by atoms with Crippen LogP contribution in [0.4, 0.5) is 0 Å². The van der Waals surface area contributed by atoms with Crippen LogP contribution in [-0.2, 0) is 0 Å². The molecule has 0 aromatic rings. The molecule has 0 rings (SSSR count). The Bertz CT molecular complexity index is 96.2. The molecule has 0 aliphatic rings. The molecule has 0 fully saturated rings. The van der Waals surface area contributed by atoms with Crippen LogP contribution in [0.5, 0.6) is 0 Å². The van der Waals surface area contributed by atoms with Crippen molar-refractivity contribution in [1.29, 1.82) is 0 Å². The number of nitrogens with one attached hydrogen (secondary N) is 1. The van der Waals surface area contributed by atoms with Gasteiger partial charge in [0.2, 0.25) is 0 Å². The van der Waals surface area contributed by atoms with Gasteiger partial charge in [-0.05, 0) is 17.9 Å². The molecule has 1 unspecified atom stereocenters. The molecule has 0 saturated carbocycles. The van der Waals surface area contributed by atoms with Crippen molar-refractivity contribution in [2.75, 3.05) is 19.7 Å². The predicted octanol–water partition coefficient (Wildman–Crippen LogP) is 1.25. The van der Waals surface area contributed by atoms with E-state index in [9.17, 15) is 0 Å². The number of hydrogen-bond donors (Lipinski definition) is 2. The molecule has 0 aromatic heterocycles. The second-order valence-electron chi connectivity index (χ2n) is 4.48. The van der Waals surface area contributed by atoms with E-state index >= 15 is 0 Å². The quantitative estimate of drug-likeness (QED) is 0.647. The van der Waals surface area contributed by atoms with Gasteiger partial charge in [0.05, 0.1) is 0 Å². The molecule has 0 aliphatic heterocycles. The molecule has 2 nitrogen and oxygen atoms in total. The van der Waals surface area contributed by atoms with Crippen molar-refractivity contribution in [3.05, 3.63) is 0 Å². The van der Waals surface area contributed by atoms with E-state index in [0.717, 1.165) is 13.1 Å². The first-order valence-corrected chi connectivity index (χ1v) is 4.27. The summed E-state index contributed by atoms with van der Waals surface area (Å²) in [6, 6.07) is 0. The lowest BCUT2D eigenvalue weighted by atomic mass is 9.97. The summed E-state index contributed by atoms with van der Waals surface area (Å²) in [5, 5.41) is 12.0. The highest BCUT2D eigenvalue weighted by Crippen LogP contribution is 2.10. The lowest BCUT2D eigenvalue weighted by molar-refractivity contribution is 0.228. The van der Waals surface area contributed by atoms with Gasteiger partial charge in [-0.15, -0.1) is 0 Å². The standard InChI is InChI=1S/C9H21NO/c1-8(6-11)5-10-7-9(2,3)4/h8,10-11H,5-7H2,1-4H3. The van der Waals surface area contributed by atoms with E-state index in [1.807, 2.05) is 6.92 Å². The van der Waals surface area contributed by atoms with Crippen molar-refractivity contribution >= 4 is 0 Å². The van der Waals surface area contributed by atoms with Gasteiger partial charge in [0.1, 0.15) is 0 Å². The molecule has 0 aromatic carbocycles. The molecule has 0 heterocycles. The van der Waals surface area contributed by atoms with E-state index in [2.05, 4.69) is 26.1 Å². The molecule has 2 heteroatoms. The summed E-state index contributed by atoms with van der Waals surface area (Å²) in [5.74, 6) is 0.373. The van der Waals surface area contributed by atoms with Crippen molar-refractivity contribution in [2.45, 2.75) is 27.7 Å². The number of rotatable bonds is 4. The highest BCUT2D eigenvalue weighted by Gasteiger charge is 2.09. The minimum absolute atomic E-state index is 0.275. The molecule has 0 bridgehead atoms. The van der Waals surface area contributed by atoms with Crippen molar-refractivity contribution in [3.8, 4) is 0 Å².